The van der Waals surface area contributed by atoms with Gasteiger partial charge in [0, 0.05) is 13.1 Å². The lowest BCUT2D eigenvalue weighted by molar-refractivity contribution is -0.119. The van der Waals surface area contributed by atoms with Crippen LogP contribution in [-0.2, 0) is 4.79 Å². The predicted molar refractivity (Wildman–Crippen MR) is 74.0 cm³/mol. The van der Waals surface area contributed by atoms with Crippen LogP contribution >= 0.6 is 11.3 Å². The van der Waals surface area contributed by atoms with Gasteiger partial charge in [0.2, 0.25) is 5.91 Å². The standard InChI is InChI=1S/C13H14FN3OS/c1-17(7-11(18)15-8-5-6-8)13-16-12-9(14)3-2-4-10(12)19-13/h2-4,8H,5-7H2,1H3,(H,15,18). The van der Waals surface area contributed by atoms with Crippen LogP contribution < -0.4 is 10.2 Å². The van der Waals surface area contributed by atoms with Gasteiger partial charge in [0.1, 0.15) is 11.3 Å². The maximum atomic E-state index is 13.6. The Bertz CT molecular complexity index is 623. The second-order valence-corrected chi connectivity index (χ2v) is 5.79. The van der Waals surface area contributed by atoms with E-state index < -0.39 is 0 Å². The van der Waals surface area contributed by atoms with Crippen molar-refractivity contribution in [3.8, 4) is 0 Å². The van der Waals surface area contributed by atoms with Crippen LogP contribution in [0.25, 0.3) is 10.2 Å². The average Bonchev–Trinajstić information content (AvgIpc) is 3.05. The van der Waals surface area contributed by atoms with Gasteiger partial charge in [-0.1, -0.05) is 17.4 Å². The van der Waals surface area contributed by atoms with Crippen LogP contribution in [0.1, 0.15) is 12.8 Å². The van der Waals surface area contributed by atoms with Crippen LogP contribution in [0, 0.1) is 5.82 Å². The summed E-state index contributed by atoms with van der Waals surface area (Å²) in [6.45, 7) is 0.248. The zero-order valence-electron chi connectivity index (χ0n) is 10.5. The first kappa shape index (κ1) is 12.3. The number of hydrogen-bond acceptors (Lipinski definition) is 4. The molecule has 3 rings (SSSR count). The van der Waals surface area contributed by atoms with E-state index >= 15 is 0 Å². The van der Waals surface area contributed by atoms with Crippen molar-refractivity contribution in [1.29, 1.82) is 0 Å². The van der Waals surface area contributed by atoms with E-state index in [-0.39, 0.29) is 18.3 Å². The van der Waals surface area contributed by atoms with Crippen molar-refractivity contribution in [3.05, 3.63) is 24.0 Å². The number of para-hydroxylation sites is 1. The first-order valence-electron chi connectivity index (χ1n) is 6.19. The number of halogens is 1. The maximum absolute atomic E-state index is 13.6. The Labute approximate surface area is 114 Å². The molecule has 0 unspecified atom stereocenters. The van der Waals surface area contributed by atoms with Crippen LogP contribution in [0.4, 0.5) is 9.52 Å². The zero-order chi connectivity index (χ0) is 13.4. The average molecular weight is 279 g/mol. The van der Waals surface area contributed by atoms with E-state index in [9.17, 15) is 9.18 Å². The van der Waals surface area contributed by atoms with Crippen molar-refractivity contribution >= 4 is 32.6 Å². The maximum Gasteiger partial charge on any atom is 0.239 e. The lowest BCUT2D eigenvalue weighted by Crippen LogP contribution is -2.36. The third-order valence-corrected chi connectivity index (χ3v) is 4.14. The molecule has 0 radical (unpaired) electrons. The number of nitrogens with zero attached hydrogens (tertiary/aromatic N) is 2. The molecule has 1 aliphatic rings. The van der Waals surface area contributed by atoms with Gasteiger partial charge in [-0.2, -0.15) is 0 Å². The van der Waals surface area contributed by atoms with Crippen LogP contribution in [0.15, 0.2) is 18.2 Å². The highest BCUT2D eigenvalue weighted by atomic mass is 32.1. The zero-order valence-corrected chi connectivity index (χ0v) is 11.3. The molecule has 0 atom stereocenters. The molecule has 1 saturated carbocycles. The van der Waals surface area contributed by atoms with Crippen LogP contribution in [0.2, 0.25) is 0 Å². The number of hydrogen-bond donors (Lipinski definition) is 1. The molecular formula is C13H14FN3OS. The van der Waals surface area contributed by atoms with Crippen molar-refractivity contribution in [1.82, 2.24) is 10.3 Å². The Kier molecular flexibility index (Phi) is 3.10. The van der Waals surface area contributed by atoms with Crippen LogP contribution in [0.5, 0.6) is 0 Å². The number of carbonyl (C=O) groups is 1. The molecule has 0 bridgehead atoms. The van der Waals surface area contributed by atoms with E-state index in [4.69, 9.17) is 0 Å². The molecule has 1 heterocycles. The highest BCUT2D eigenvalue weighted by Crippen LogP contribution is 2.29. The fraction of sp³-hybridized carbons (Fsp3) is 0.385. The molecule has 1 fully saturated rings. The van der Waals surface area contributed by atoms with Crippen molar-refractivity contribution in [2.75, 3.05) is 18.5 Å². The smallest absolute Gasteiger partial charge is 0.239 e. The Balaban J connectivity index is 1.75. The van der Waals surface area contributed by atoms with Crippen LogP contribution in [0.3, 0.4) is 0 Å². The summed E-state index contributed by atoms with van der Waals surface area (Å²) >= 11 is 1.39. The number of benzene rings is 1. The largest absolute Gasteiger partial charge is 0.352 e. The number of anilines is 1. The Hall–Kier alpha value is -1.69. The molecule has 0 saturated heterocycles. The SMILES string of the molecule is CN(CC(=O)NC1CC1)c1nc2c(F)cccc2s1. The summed E-state index contributed by atoms with van der Waals surface area (Å²) in [6.07, 6.45) is 2.14. The van der Waals surface area contributed by atoms with Gasteiger partial charge in [-0.25, -0.2) is 9.37 Å². The lowest BCUT2D eigenvalue weighted by atomic mass is 10.3. The lowest BCUT2D eigenvalue weighted by Gasteiger charge is -2.14. The molecule has 2 aromatic rings. The van der Waals surface area contributed by atoms with Gasteiger partial charge in [0.25, 0.3) is 0 Å². The number of thiazole rings is 1. The number of rotatable bonds is 4. The summed E-state index contributed by atoms with van der Waals surface area (Å²) in [7, 11) is 1.79. The number of likely N-dealkylation sites (N-methyl/N-ethyl adjacent to an activating group) is 1. The fourth-order valence-corrected chi connectivity index (χ4v) is 2.79. The fourth-order valence-electron chi connectivity index (χ4n) is 1.85. The van der Waals surface area contributed by atoms with E-state index in [0.717, 1.165) is 17.5 Å². The second-order valence-electron chi connectivity index (χ2n) is 4.78. The van der Waals surface area contributed by atoms with Gasteiger partial charge in [-0.05, 0) is 25.0 Å². The number of carbonyl (C=O) groups excluding carboxylic acids is 1. The predicted octanol–water partition coefficient (Wildman–Crippen LogP) is 2.15. The summed E-state index contributed by atoms with van der Waals surface area (Å²) in [5, 5.41) is 3.58. The van der Waals surface area contributed by atoms with E-state index in [1.807, 2.05) is 6.07 Å². The molecule has 0 aliphatic heterocycles. The first-order valence-corrected chi connectivity index (χ1v) is 7.00. The van der Waals surface area contributed by atoms with Crippen molar-refractivity contribution in [2.45, 2.75) is 18.9 Å². The Morgan fingerprint density at radius 1 is 1.58 bits per heavy atom. The van der Waals surface area contributed by atoms with Crippen LogP contribution in [-0.4, -0.2) is 30.5 Å². The van der Waals surface area contributed by atoms with E-state index in [1.54, 1.807) is 18.0 Å². The second kappa shape index (κ2) is 4.77. The summed E-state index contributed by atoms with van der Waals surface area (Å²) in [5.74, 6) is -0.333. The van der Waals surface area contributed by atoms with E-state index in [1.165, 1.54) is 17.4 Å². The van der Waals surface area contributed by atoms with Gasteiger partial charge in [-0.3, -0.25) is 4.79 Å². The topological polar surface area (TPSA) is 45.2 Å². The third kappa shape index (κ3) is 2.68. The third-order valence-electron chi connectivity index (χ3n) is 3.01. The molecule has 6 heteroatoms. The van der Waals surface area contributed by atoms with Crippen molar-refractivity contribution in [3.63, 3.8) is 0 Å². The molecule has 1 N–H and O–H groups in total. The van der Waals surface area contributed by atoms with Crippen molar-refractivity contribution < 1.29 is 9.18 Å². The summed E-state index contributed by atoms with van der Waals surface area (Å²) in [5.41, 5.74) is 0.372. The highest BCUT2D eigenvalue weighted by molar-refractivity contribution is 7.22. The molecule has 0 spiro atoms. The molecular weight excluding hydrogens is 265 g/mol. The summed E-state index contributed by atoms with van der Waals surface area (Å²) in [6, 6.07) is 5.25. The molecule has 4 nitrogen and oxygen atoms in total. The number of amides is 1. The Morgan fingerprint density at radius 2 is 2.37 bits per heavy atom. The number of fused-ring (bicyclic) bond motifs is 1. The minimum atomic E-state index is -0.323. The van der Waals surface area contributed by atoms with Gasteiger partial charge < -0.3 is 10.2 Å². The van der Waals surface area contributed by atoms with Gasteiger partial charge in [-0.15, -0.1) is 0 Å². The molecule has 19 heavy (non-hydrogen) atoms. The molecule has 1 aromatic carbocycles. The monoisotopic (exact) mass is 279 g/mol. The molecule has 1 amide bonds. The first-order chi connectivity index (χ1) is 9.13. The molecule has 100 valence electrons. The number of nitrogens with one attached hydrogen (secondary N) is 1. The van der Waals surface area contributed by atoms with E-state index in [0.29, 0.717) is 16.7 Å². The molecule has 1 aromatic heterocycles. The van der Waals surface area contributed by atoms with Gasteiger partial charge in [0.05, 0.1) is 11.2 Å². The minimum Gasteiger partial charge on any atom is -0.352 e. The Morgan fingerprint density at radius 3 is 3.05 bits per heavy atom. The van der Waals surface area contributed by atoms with E-state index in [2.05, 4.69) is 10.3 Å². The number of aromatic nitrogens is 1. The summed E-state index contributed by atoms with van der Waals surface area (Å²) in [4.78, 5) is 17.7. The van der Waals surface area contributed by atoms with Gasteiger partial charge in [0.15, 0.2) is 5.13 Å². The van der Waals surface area contributed by atoms with Gasteiger partial charge >= 0.3 is 0 Å². The minimum absolute atomic E-state index is 0.00951. The highest BCUT2D eigenvalue weighted by Gasteiger charge is 2.24. The quantitative estimate of drug-likeness (QED) is 0.932. The van der Waals surface area contributed by atoms with Crippen molar-refractivity contribution in [2.24, 2.45) is 0 Å². The summed E-state index contributed by atoms with van der Waals surface area (Å²) < 4.78 is 14.3. The normalized spacial score (nSPS) is 14.6. The molecule has 1 aliphatic carbocycles.